The molecule has 1 aromatic heterocycles. The summed E-state index contributed by atoms with van der Waals surface area (Å²) in [6, 6.07) is 12.5. The Morgan fingerprint density at radius 2 is 1.93 bits per heavy atom. The van der Waals surface area contributed by atoms with Gasteiger partial charge in [0.05, 0.1) is 24.0 Å². The molecule has 0 aliphatic carbocycles. The zero-order valence-corrected chi connectivity index (χ0v) is 15.7. The summed E-state index contributed by atoms with van der Waals surface area (Å²) in [6.07, 6.45) is 0. The van der Waals surface area contributed by atoms with Gasteiger partial charge in [0.2, 0.25) is 0 Å². The number of carbonyl (C=O) groups is 1. The van der Waals surface area contributed by atoms with Gasteiger partial charge < -0.3 is 13.9 Å². The van der Waals surface area contributed by atoms with Gasteiger partial charge in [-0.15, -0.1) is 10.2 Å². The van der Waals surface area contributed by atoms with Gasteiger partial charge in [-0.3, -0.25) is 0 Å². The monoisotopic (exact) mass is 398 g/mol. The van der Waals surface area contributed by atoms with E-state index < -0.39 is 11.8 Å². The topological polar surface area (TPSA) is 74.5 Å². The van der Waals surface area contributed by atoms with Gasteiger partial charge in [0.1, 0.15) is 11.6 Å². The molecule has 142 valence electrons. The Morgan fingerprint density at radius 3 is 2.71 bits per heavy atom. The van der Waals surface area contributed by atoms with Crippen molar-refractivity contribution < 1.29 is 23.1 Å². The molecule has 3 rings (SSSR count). The molecule has 2 aromatic carbocycles. The van der Waals surface area contributed by atoms with Crippen LogP contribution in [0.5, 0.6) is 5.75 Å². The van der Waals surface area contributed by atoms with Gasteiger partial charge in [0, 0.05) is 0 Å². The summed E-state index contributed by atoms with van der Waals surface area (Å²) in [7, 11) is 1.57. The van der Waals surface area contributed by atoms with Crippen molar-refractivity contribution in [3.8, 4) is 29.0 Å². The van der Waals surface area contributed by atoms with Gasteiger partial charge in [-0.2, -0.15) is 0 Å². The molecule has 0 atom stereocenters. The molecule has 0 aliphatic heterocycles. The highest BCUT2D eigenvalue weighted by molar-refractivity contribution is 7.99. The zero-order valence-electron chi connectivity index (χ0n) is 14.8. The predicted octanol–water partition coefficient (Wildman–Crippen LogP) is 3.84. The molecule has 0 N–H and O–H groups in total. The number of para-hydroxylation sites is 1. The van der Waals surface area contributed by atoms with E-state index in [9.17, 15) is 9.18 Å². The number of thioether (sulfide) groups is 1. The summed E-state index contributed by atoms with van der Waals surface area (Å²) in [5.74, 6) is 6.00. The molecule has 3 aromatic rings. The molecular formula is C20H15FN2O4S. The number of hydrogen-bond donors (Lipinski definition) is 0. The molecule has 1 heterocycles. The van der Waals surface area contributed by atoms with Gasteiger partial charge in [0.25, 0.3) is 11.1 Å². The van der Waals surface area contributed by atoms with Gasteiger partial charge in [-0.1, -0.05) is 35.7 Å². The van der Waals surface area contributed by atoms with E-state index in [0.717, 1.165) is 0 Å². The molecule has 0 bridgehead atoms. The first-order valence-electron chi connectivity index (χ1n) is 8.15. The van der Waals surface area contributed by atoms with Crippen molar-refractivity contribution in [3.63, 3.8) is 0 Å². The first kappa shape index (κ1) is 19.5. The summed E-state index contributed by atoms with van der Waals surface area (Å²) >= 11 is 1.27. The zero-order chi connectivity index (χ0) is 19.8. The van der Waals surface area contributed by atoms with E-state index in [1.807, 2.05) is 24.3 Å². The summed E-state index contributed by atoms with van der Waals surface area (Å²) in [5, 5.41) is 8.35. The molecule has 28 heavy (non-hydrogen) atoms. The van der Waals surface area contributed by atoms with Crippen molar-refractivity contribution >= 4 is 17.7 Å². The minimum Gasteiger partial charge on any atom is -0.496 e. The molecular weight excluding hydrogens is 383 g/mol. The van der Waals surface area contributed by atoms with Crippen LogP contribution in [-0.2, 0) is 4.74 Å². The summed E-state index contributed by atoms with van der Waals surface area (Å²) in [4.78, 5) is 11.7. The lowest BCUT2D eigenvalue weighted by atomic mass is 10.2. The van der Waals surface area contributed by atoms with Crippen LogP contribution < -0.4 is 4.74 Å². The molecule has 6 nitrogen and oxygen atoms in total. The van der Waals surface area contributed by atoms with E-state index in [1.54, 1.807) is 7.11 Å². The van der Waals surface area contributed by atoms with Crippen LogP contribution in [0.15, 0.2) is 58.2 Å². The van der Waals surface area contributed by atoms with Crippen LogP contribution in [0.25, 0.3) is 11.5 Å². The molecule has 0 saturated carbocycles. The molecule has 8 heteroatoms. The second kappa shape index (κ2) is 9.58. The highest BCUT2D eigenvalue weighted by atomic mass is 32.2. The van der Waals surface area contributed by atoms with Crippen molar-refractivity contribution in [2.45, 2.75) is 5.22 Å². The Bertz CT molecular complexity index is 1010. The van der Waals surface area contributed by atoms with Gasteiger partial charge in [-0.05, 0) is 36.4 Å². The number of hydrogen-bond acceptors (Lipinski definition) is 7. The van der Waals surface area contributed by atoms with Gasteiger partial charge in [0.15, 0.2) is 6.61 Å². The van der Waals surface area contributed by atoms with Crippen LogP contribution in [0.3, 0.4) is 0 Å². The molecule has 0 spiro atoms. The minimum atomic E-state index is -0.555. The molecule has 0 radical (unpaired) electrons. The number of methoxy groups -OCH3 is 1. The lowest BCUT2D eigenvalue weighted by molar-refractivity contribution is 0.0556. The van der Waals surface area contributed by atoms with E-state index in [2.05, 4.69) is 22.0 Å². The Balaban J connectivity index is 1.47. The van der Waals surface area contributed by atoms with Crippen LogP contribution >= 0.6 is 11.8 Å². The maximum atomic E-state index is 12.8. The van der Waals surface area contributed by atoms with E-state index in [-0.39, 0.29) is 12.2 Å². The second-order valence-electron chi connectivity index (χ2n) is 5.30. The maximum absolute atomic E-state index is 12.8. The fraction of sp³-hybridized carbons (Fsp3) is 0.150. The number of ether oxygens (including phenoxy) is 2. The number of carbonyl (C=O) groups excluding carboxylic acids is 1. The lowest BCUT2D eigenvalue weighted by Gasteiger charge is -2.03. The van der Waals surface area contributed by atoms with Crippen molar-refractivity contribution in [3.05, 3.63) is 59.9 Å². The van der Waals surface area contributed by atoms with Crippen LogP contribution in [0.2, 0.25) is 0 Å². The second-order valence-corrected chi connectivity index (χ2v) is 6.23. The van der Waals surface area contributed by atoms with Gasteiger partial charge >= 0.3 is 5.97 Å². The standard InChI is InChI=1S/C20H15FN2O4S/c1-25-17-7-3-2-6-16(17)18-22-23-20(27-18)28-13-5-4-12-26-19(24)14-8-10-15(21)11-9-14/h2-3,6-11H,12-13H2,1H3. The highest BCUT2D eigenvalue weighted by Crippen LogP contribution is 2.30. The van der Waals surface area contributed by atoms with E-state index in [1.165, 1.54) is 36.0 Å². The number of aromatic nitrogens is 2. The quantitative estimate of drug-likeness (QED) is 0.355. The predicted molar refractivity (Wildman–Crippen MR) is 101 cm³/mol. The Labute approximate surface area is 165 Å². The van der Waals surface area contributed by atoms with Crippen molar-refractivity contribution in [2.75, 3.05) is 19.5 Å². The number of rotatable bonds is 6. The van der Waals surface area contributed by atoms with E-state index in [0.29, 0.717) is 28.2 Å². The third-order valence-corrected chi connectivity index (χ3v) is 4.19. The Morgan fingerprint density at radius 1 is 1.14 bits per heavy atom. The van der Waals surface area contributed by atoms with Crippen molar-refractivity contribution in [1.82, 2.24) is 10.2 Å². The van der Waals surface area contributed by atoms with Crippen molar-refractivity contribution in [2.24, 2.45) is 0 Å². The molecule has 0 fully saturated rings. The van der Waals surface area contributed by atoms with Crippen LogP contribution in [0, 0.1) is 17.7 Å². The van der Waals surface area contributed by atoms with Gasteiger partial charge in [-0.25, -0.2) is 9.18 Å². The summed E-state index contributed by atoms with van der Waals surface area (Å²) in [5.41, 5.74) is 0.982. The normalized spacial score (nSPS) is 10.1. The first-order valence-corrected chi connectivity index (χ1v) is 9.14. The maximum Gasteiger partial charge on any atom is 0.339 e. The third kappa shape index (κ3) is 5.11. The molecule has 0 amide bonds. The molecule has 0 saturated heterocycles. The van der Waals surface area contributed by atoms with E-state index in [4.69, 9.17) is 13.9 Å². The van der Waals surface area contributed by atoms with Crippen LogP contribution in [-0.4, -0.2) is 35.6 Å². The summed E-state index contributed by atoms with van der Waals surface area (Å²) in [6.45, 7) is -0.0624. The fourth-order valence-electron chi connectivity index (χ4n) is 2.17. The SMILES string of the molecule is COc1ccccc1-c1nnc(SCC#CCOC(=O)c2ccc(F)cc2)o1. The van der Waals surface area contributed by atoms with Crippen LogP contribution in [0.4, 0.5) is 4.39 Å². The van der Waals surface area contributed by atoms with Crippen molar-refractivity contribution in [1.29, 1.82) is 0 Å². The molecule has 0 unspecified atom stereocenters. The number of halogens is 1. The Kier molecular flexibility index (Phi) is 6.65. The lowest BCUT2D eigenvalue weighted by Crippen LogP contribution is -2.05. The highest BCUT2D eigenvalue weighted by Gasteiger charge is 2.12. The smallest absolute Gasteiger partial charge is 0.339 e. The number of benzene rings is 2. The van der Waals surface area contributed by atoms with E-state index >= 15 is 0 Å². The number of esters is 1. The average Bonchev–Trinajstić information content (AvgIpc) is 3.19. The third-order valence-electron chi connectivity index (χ3n) is 3.49. The fourth-order valence-corrected chi connectivity index (χ4v) is 2.70. The largest absolute Gasteiger partial charge is 0.496 e. The summed E-state index contributed by atoms with van der Waals surface area (Å²) < 4.78 is 28.7. The molecule has 0 aliphatic rings. The van der Waals surface area contributed by atoms with Crippen LogP contribution in [0.1, 0.15) is 10.4 Å². The Hall–Kier alpha value is -3.31. The minimum absolute atomic E-state index is 0.0624. The first-order chi connectivity index (χ1) is 13.7. The number of nitrogens with zero attached hydrogens (tertiary/aromatic N) is 2. The average molecular weight is 398 g/mol.